The van der Waals surface area contributed by atoms with Gasteiger partial charge in [0.1, 0.15) is 5.75 Å². The van der Waals surface area contributed by atoms with Gasteiger partial charge in [-0.1, -0.05) is 12.1 Å². The quantitative estimate of drug-likeness (QED) is 0.760. The molecular weight excluding hydrogens is 178 g/mol. The van der Waals surface area contributed by atoms with E-state index in [9.17, 15) is 5.11 Å². The largest absolute Gasteiger partial charge is 0.494 e. The second kappa shape index (κ2) is 4.44. The van der Waals surface area contributed by atoms with Crippen LogP contribution < -0.4 is 10.5 Å². The van der Waals surface area contributed by atoms with Crippen molar-refractivity contribution in [1.82, 2.24) is 0 Å². The second-order valence-electron chi connectivity index (χ2n) is 3.44. The highest BCUT2D eigenvalue weighted by molar-refractivity contribution is 5.32. The van der Waals surface area contributed by atoms with Gasteiger partial charge in [0.2, 0.25) is 0 Å². The van der Waals surface area contributed by atoms with E-state index in [2.05, 4.69) is 0 Å². The summed E-state index contributed by atoms with van der Waals surface area (Å²) < 4.78 is 5.33. The summed E-state index contributed by atoms with van der Waals surface area (Å²) in [5.41, 5.74) is 5.28. The first-order valence-corrected chi connectivity index (χ1v) is 4.76. The first kappa shape index (κ1) is 11.0. The Labute approximate surface area is 84.5 Å². The predicted octanol–water partition coefficient (Wildman–Crippen LogP) is 1.25. The summed E-state index contributed by atoms with van der Waals surface area (Å²) in [5, 5.41) is 9.91. The van der Waals surface area contributed by atoms with Crippen molar-refractivity contribution < 1.29 is 9.84 Å². The molecule has 0 saturated carbocycles. The molecule has 0 radical (unpaired) electrons. The zero-order valence-corrected chi connectivity index (χ0v) is 8.66. The number of ether oxygens (including phenoxy) is 1. The SMILES string of the molecule is CCOc1cccc([C@@](C)(O)CN)c1. The van der Waals surface area contributed by atoms with Crippen LogP contribution in [-0.2, 0) is 5.60 Å². The fourth-order valence-electron chi connectivity index (χ4n) is 1.21. The van der Waals surface area contributed by atoms with E-state index in [1.165, 1.54) is 0 Å². The van der Waals surface area contributed by atoms with E-state index in [-0.39, 0.29) is 6.54 Å². The van der Waals surface area contributed by atoms with Gasteiger partial charge in [-0.15, -0.1) is 0 Å². The fourth-order valence-corrected chi connectivity index (χ4v) is 1.21. The van der Waals surface area contributed by atoms with Crippen LogP contribution in [0.2, 0.25) is 0 Å². The van der Waals surface area contributed by atoms with Gasteiger partial charge >= 0.3 is 0 Å². The summed E-state index contributed by atoms with van der Waals surface area (Å²) in [5.74, 6) is 0.763. The van der Waals surface area contributed by atoms with Crippen LogP contribution in [0.25, 0.3) is 0 Å². The highest BCUT2D eigenvalue weighted by atomic mass is 16.5. The lowest BCUT2D eigenvalue weighted by molar-refractivity contribution is 0.0665. The molecule has 1 rings (SSSR count). The van der Waals surface area contributed by atoms with Gasteiger partial charge in [-0.3, -0.25) is 0 Å². The standard InChI is InChI=1S/C11H17NO2/c1-3-14-10-6-4-5-9(7-10)11(2,13)8-12/h4-7,13H,3,8,12H2,1-2H3/t11-/m0/s1. The Morgan fingerprint density at radius 3 is 2.79 bits per heavy atom. The molecule has 0 bridgehead atoms. The van der Waals surface area contributed by atoms with Gasteiger partial charge in [0, 0.05) is 6.54 Å². The van der Waals surface area contributed by atoms with Crippen LogP contribution in [0.15, 0.2) is 24.3 Å². The lowest BCUT2D eigenvalue weighted by Crippen LogP contribution is -2.31. The first-order valence-electron chi connectivity index (χ1n) is 4.76. The number of nitrogens with two attached hydrogens (primary N) is 1. The van der Waals surface area contributed by atoms with Crippen molar-refractivity contribution in [3.8, 4) is 5.75 Å². The third-order valence-corrected chi connectivity index (χ3v) is 2.16. The topological polar surface area (TPSA) is 55.5 Å². The zero-order chi connectivity index (χ0) is 10.6. The van der Waals surface area contributed by atoms with E-state index in [1.807, 2.05) is 31.2 Å². The van der Waals surface area contributed by atoms with Crippen LogP contribution in [0.3, 0.4) is 0 Å². The Balaban J connectivity index is 2.93. The van der Waals surface area contributed by atoms with Crippen molar-refractivity contribution >= 4 is 0 Å². The molecule has 0 aliphatic carbocycles. The van der Waals surface area contributed by atoms with E-state index in [0.717, 1.165) is 11.3 Å². The molecule has 0 unspecified atom stereocenters. The van der Waals surface area contributed by atoms with Crippen molar-refractivity contribution in [2.45, 2.75) is 19.4 Å². The summed E-state index contributed by atoms with van der Waals surface area (Å²) in [6, 6.07) is 7.37. The molecule has 1 aromatic rings. The van der Waals surface area contributed by atoms with Crippen molar-refractivity contribution in [3.63, 3.8) is 0 Å². The molecule has 3 N–H and O–H groups in total. The maximum atomic E-state index is 9.91. The molecule has 0 amide bonds. The molecule has 3 nitrogen and oxygen atoms in total. The summed E-state index contributed by atoms with van der Waals surface area (Å²) in [6.45, 7) is 4.43. The molecule has 1 atom stereocenters. The summed E-state index contributed by atoms with van der Waals surface area (Å²) in [6.07, 6.45) is 0. The smallest absolute Gasteiger partial charge is 0.119 e. The minimum absolute atomic E-state index is 0.197. The minimum Gasteiger partial charge on any atom is -0.494 e. The van der Waals surface area contributed by atoms with E-state index < -0.39 is 5.60 Å². The van der Waals surface area contributed by atoms with E-state index >= 15 is 0 Å². The molecule has 78 valence electrons. The van der Waals surface area contributed by atoms with Gasteiger partial charge in [-0.25, -0.2) is 0 Å². The molecule has 0 spiro atoms. The van der Waals surface area contributed by atoms with Gasteiger partial charge in [0.15, 0.2) is 0 Å². The van der Waals surface area contributed by atoms with Gasteiger partial charge in [-0.2, -0.15) is 0 Å². The Morgan fingerprint density at radius 1 is 1.50 bits per heavy atom. The second-order valence-corrected chi connectivity index (χ2v) is 3.44. The molecule has 0 aliphatic heterocycles. The first-order chi connectivity index (χ1) is 6.60. The molecule has 1 aromatic carbocycles. The fraction of sp³-hybridized carbons (Fsp3) is 0.455. The zero-order valence-electron chi connectivity index (χ0n) is 8.66. The van der Waals surface area contributed by atoms with Crippen molar-refractivity contribution in [3.05, 3.63) is 29.8 Å². The maximum absolute atomic E-state index is 9.91. The summed E-state index contributed by atoms with van der Waals surface area (Å²) >= 11 is 0. The highest BCUT2D eigenvalue weighted by Crippen LogP contribution is 2.23. The van der Waals surface area contributed by atoms with Crippen LogP contribution in [0.1, 0.15) is 19.4 Å². The third kappa shape index (κ3) is 2.47. The molecule has 0 aliphatic rings. The number of benzene rings is 1. The highest BCUT2D eigenvalue weighted by Gasteiger charge is 2.20. The maximum Gasteiger partial charge on any atom is 0.119 e. The minimum atomic E-state index is -0.979. The number of aliphatic hydroxyl groups is 1. The van der Waals surface area contributed by atoms with Crippen molar-refractivity contribution in [1.29, 1.82) is 0 Å². The molecule has 0 aromatic heterocycles. The molecule has 0 fully saturated rings. The van der Waals surface area contributed by atoms with Crippen LogP contribution in [0.5, 0.6) is 5.75 Å². The van der Waals surface area contributed by atoms with E-state index in [0.29, 0.717) is 6.61 Å². The number of hydrogen-bond acceptors (Lipinski definition) is 3. The lowest BCUT2D eigenvalue weighted by Gasteiger charge is -2.22. The Hall–Kier alpha value is -1.06. The molecule has 0 heterocycles. The average Bonchev–Trinajstić information content (AvgIpc) is 2.19. The van der Waals surface area contributed by atoms with Gasteiger partial charge in [0.05, 0.1) is 12.2 Å². The lowest BCUT2D eigenvalue weighted by atomic mass is 9.96. The molecule has 14 heavy (non-hydrogen) atoms. The third-order valence-electron chi connectivity index (χ3n) is 2.16. The Kier molecular flexibility index (Phi) is 3.49. The normalized spacial score (nSPS) is 14.9. The van der Waals surface area contributed by atoms with Crippen molar-refractivity contribution in [2.75, 3.05) is 13.2 Å². The predicted molar refractivity (Wildman–Crippen MR) is 56.2 cm³/mol. The number of rotatable bonds is 4. The van der Waals surface area contributed by atoms with Crippen LogP contribution in [-0.4, -0.2) is 18.3 Å². The Bertz CT molecular complexity index is 297. The summed E-state index contributed by atoms with van der Waals surface area (Å²) in [7, 11) is 0. The molecular formula is C11H17NO2. The van der Waals surface area contributed by atoms with E-state index in [1.54, 1.807) is 6.92 Å². The van der Waals surface area contributed by atoms with Crippen LogP contribution in [0.4, 0.5) is 0 Å². The monoisotopic (exact) mass is 195 g/mol. The van der Waals surface area contributed by atoms with Gasteiger partial charge in [-0.05, 0) is 31.5 Å². The Morgan fingerprint density at radius 2 is 2.21 bits per heavy atom. The van der Waals surface area contributed by atoms with Gasteiger partial charge in [0.25, 0.3) is 0 Å². The van der Waals surface area contributed by atoms with Gasteiger partial charge < -0.3 is 15.6 Å². The number of hydrogen-bond donors (Lipinski definition) is 2. The van der Waals surface area contributed by atoms with Crippen molar-refractivity contribution in [2.24, 2.45) is 5.73 Å². The van der Waals surface area contributed by atoms with E-state index in [4.69, 9.17) is 10.5 Å². The molecule has 0 saturated heterocycles. The van der Waals surface area contributed by atoms with Crippen LogP contribution >= 0.6 is 0 Å². The average molecular weight is 195 g/mol. The van der Waals surface area contributed by atoms with Crippen LogP contribution in [0, 0.1) is 0 Å². The summed E-state index contributed by atoms with van der Waals surface area (Å²) in [4.78, 5) is 0. The molecule has 3 heteroatoms.